The normalized spacial score (nSPS) is 10.7. The Hall–Kier alpha value is -0.860. The molecule has 0 aliphatic heterocycles. The number of fused-ring (bicyclic) bond motifs is 1. The smallest absolute Gasteiger partial charge is 0.131 e. The molecule has 0 aliphatic carbocycles. The molecular formula is C9H6Cl2N2. The van der Waals surface area contributed by atoms with Crippen LogP contribution in [-0.2, 0) is 0 Å². The second-order valence-electron chi connectivity index (χ2n) is 2.75. The molecule has 0 atom stereocenters. The average Bonchev–Trinajstić information content (AvgIpc) is 2.06. The van der Waals surface area contributed by atoms with E-state index in [1.807, 2.05) is 19.1 Å². The SMILES string of the molecule is Cc1ccc2nc(Cl)cc(Cl)c2n1. The molecule has 0 spiro atoms. The predicted molar refractivity (Wildman–Crippen MR) is 54.3 cm³/mol. The van der Waals surface area contributed by atoms with Crippen LogP contribution in [0.15, 0.2) is 18.2 Å². The van der Waals surface area contributed by atoms with Crippen LogP contribution in [0.4, 0.5) is 0 Å². The van der Waals surface area contributed by atoms with Gasteiger partial charge in [-0.25, -0.2) is 9.97 Å². The first-order chi connectivity index (χ1) is 6.16. The largest absolute Gasteiger partial charge is 0.250 e. The van der Waals surface area contributed by atoms with Crippen LogP contribution in [0, 0.1) is 6.92 Å². The van der Waals surface area contributed by atoms with Crippen LogP contribution < -0.4 is 0 Å². The summed E-state index contributed by atoms with van der Waals surface area (Å²) in [6, 6.07) is 5.33. The van der Waals surface area contributed by atoms with Gasteiger partial charge in [0.15, 0.2) is 0 Å². The fraction of sp³-hybridized carbons (Fsp3) is 0.111. The van der Waals surface area contributed by atoms with E-state index in [0.717, 1.165) is 11.2 Å². The van der Waals surface area contributed by atoms with E-state index >= 15 is 0 Å². The van der Waals surface area contributed by atoms with Crippen molar-refractivity contribution in [2.75, 3.05) is 0 Å². The van der Waals surface area contributed by atoms with Crippen LogP contribution in [0.5, 0.6) is 0 Å². The molecule has 0 unspecified atom stereocenters. The lowest BCUT2D eigenvalue weighted by molar-refractivity contribution is 1.23. The van der Waals surface area contributed by atoms with Gasteiger partial charge in [-0.05, 0) is 25.1 Å². The van der Waals surface area contributed by atoms with E-state index in [1.165, 1.54) is 0 Å². The molecule has 0 saturated heterocycles. The lowest BCUT2D eigenvalue weighted by Crippen LogP contribution is -1.87. The monoisotopic (exact) mass is 212 g/mol. The Morgan fingerprint density at radius 2 is 1.92 bits per heavy atom. The highest BCUT2D eigenvalue weighted by molar-refractivity contribution is 6.37. The van der Waals surface area contributed by atoms with Gasteiger partial charge in [-0.1, -0.05) is 23.2 Å². The maximum atomic E-state index is 5.95. The van der Waals surface area contributed by atoms with Crippen molar-refractivity contribution in [1.82, 2.24) is 9.97 Å². The summed E-state index contributed by atoms with van der Waals surface area (Å²) in [6.45, 7) is 1.91. The minimum atomic E-state index is 0.392. The fourth-order valence-corrected chi connectivity index (χ4v) is 1.63. The molecule has 0 saturated carbocycles. The summed E-state index contributed by atoms with van der Waals surface area (Å²) in [5.41, 5.74) is 2.34. The van der Waals surface area contributed by atoms with Gasteiger partial charge in [0.1, 0.15) is 10.7 Å². The highest BCUT2D eigenvalue weighted by Gasteiger charge is 2.03. The van der Waals surface area contributed by atoms with Crippen LogP contribution >= 0.6 is 23.2 Å². The number of aromatic nitrogens is 2. The summed E-state index contributed by atoms with van der Waals surface area (Å²) in [6.07, 6.45) is 0. The van der Waals surface area contributed by atoms with Crippen LogP contribution in [0.1, 0.15) is 5.69 Å². The molecule has 2 rings (SSSR count). The van der Waals surface area contributed by atoms with Crippen molar-refractivity contribution in [3.63, 3.8) is 0 Å². The van der Waals surface area contributed by atoms with E-state index in [-0.39, 0.29) is 0 Å². The Bertz CT molecular complexity index is 468. The van der Waals surface area contributed by atoms with Gasteiger partial charge in [-0.2, -0.15) is 0 Å². The molecule has 0 amide bonds. The topological polar surface area (TPSA) is 25.8 Å². The van der Waals surface area contributed by atoms with Gasteiger partial charge in [0, 0.05) is 5.69 Å². The molecule has 13 heavy (non-hydrogen) atoms. The number of hydrogen-bond acceptors (Lipinski definition) is 2. The molecule has 66 valence electrons. The summed E-state index contributed by atoms with van der Waals surface area (Å²) in [4.78, 5) is 8.36. The summed E-state index contributed by atoms with van der Waals surface area (Å²) >= 11 is 11.7. The third-order valence-electron chi connectivity index (χ3n) is 1.71. The Balaban J connectivity index is 2.87. The fourth-order valence-electron chi connectivity index (χ4n) is 1.14. The zero-order valence-electron chi connectivity index (χ0n) is 6.88. The number of nitrogens with zero attached hydrogens (tertiary/aromatic N) is 2. The van der Waals surface area contributed by atoms with E-state index in [2.05, 4.69) is 9.97 Å². The molecule has 0 fully saturated rings. The van der Waals surface area contributed by atoms with Crippen molar-refractivity contribution in [2.24, 2.45) is 0 Å². The van der Waals surface area contributed by atoms with Crippen molar-refractivity contribution in [3.05, 3.63) is 34.1 Å². The maximum absolute atomic E-state index is 5.95. The highest BCUT2D eigenvalue weighted by atomic mass is 35.5. The van der Waals surface area contributed by atoms with Gasteiger partial charge in [0.05, 0.1) is 10.5 Å². The first kappa shape index (κ1) is 8.73. The van der Waals surface area contributed by atoms with Gasteiger partial charge >= 0.3 is 0 Å². The predicted octanol–water partition coefficient (Wildman–Crippen LogP) is 3.25. The number of pyridine rings is 2. The van der Waals surface area contributed by atoms with E-state index in [0.29, 0.717) is 15.7 Å². The van der Waals surface area contributed by atoms with Crippen molar-refractivity contribution < 1.29 is 0 Å². The molecule has 0 aromatic carbocycles. The average molecular weight is 213 g/mol. The van der Waals surface area contributed by atoms with Gasteiger partial charge < -0.3 is 0 Å². The number of aryl methyl sites for hydroxylation is 1. The molecule has 0 N–H and O–H groups in total. The van der Waals surface area contributed by atoms with Gasteiger partial charge in [-0.3, -0.25) is 0 Å². The van der Waals surface area contributed by atoms with E-state index in [9.17, 15) is 0 Å². The second-order valence-corrected chi connectivity index (χ2v) is 3.54. The highest BCUT2D eigenvalue weighted by Crippen LogP contribution is 2.23. The lowest BCUT2D eigenvalue weighted by Gasteiger charge is -2.00. The standard InChI is InChI=1S/C9H6Cl2N2/c1-5-2-3-7-9(12-5)6(10)4-8(11)13-7/h2-4H,1H3. The van der Waals surface area contributed by atoms with Crippen molar-refractivity contribution in [3.8, 4) is 0 Å². The summed E-state index contributed by atoms with van der Waals surface area (Å²) in [5.74, 6) is 0. The Labute approximate surface area is 85.5 Å². The summed E-state index contributed by atoms with van der Waals surface area (Å²) in [7, 11) is 0. The molecular weight excluding hydrogens is 207 g/mol. The van der Waals surface area contributed by atoms with E-state index in [1.54, 1.807) is 6.07 Å². The Kier molecular flexibility index (Phi) is 2.10. The first-order valence-corrected chi connectivity index (χ1v) is 4.52. The molecule has 2 aromatic heterocycles. The summed E-state index contributed by atoms with van der Waals surface area (Å²) in [5, 5.41) is 0.932. The molecule has 2 heterocycles. The van der Waals surface area contributed by atoms with Crippen LogP contribution in [-0.4, -0.2) is 9.97 Å². The van der Waals surface area contributed by atoms with Gasteiger partial charge in [0.25, 0.3) is 0 Å². The Morgan fingerprint density at radius 1 is 1.15 bits per heavy atom. The van der Waals surface area contributed by atoms with E-state index < -0.39 is 0 Å². The molecule has 0 bridgehead atoms. The van der Waals surface area contributed by atoms with Crippen molar-refractivity contribution in [2.45, 2.75) is 6.92 Å². The quantitative estimate of drug-likeness (QED) is 0.627. The molecule has 4 heteroatoms. The number of hydrogen-bond donors (Lipinski definition) is 0. The minimum Gasteiger partial charge on any atom is -0.250 e. The number of rotatable bonds is 0. The molecule has 2 nitrogen and oxygen atoms in total. The molecule has 0 aliphatic rings. The summed E-state index contributed by atoms with van der Waals surface area (Å²) < 4.78 is 0. The third kappa shape index (κ3) is 1.60. The molecule has 2 aromatic rings. The van der Waals surface area contributed by atoms with Crippen molar-refractivity contribution >= 4 is 34.2 Å². The maximum Gasteiger partial charge on any atom is 0.131 e. The second kappa shape index (κ2) is 3.13. The van der Waals surface area contributed by atoms with Crippen LogP contribution in [0.2, 0.25) is 10.2 Å². The Morgan fingerprint density at radius 3 is 2.69 bits per heavy atom. The third-order valence-corrected chi connectivity index (χ3v) is 2.19. The first-order valence-electron chi connectivity index (χ1n) is 3.76. The zero-order valence-corrected chi connectivity index (χ0v) is 8.39. The van der Waals surface area contributed by atoms with Crippen LogP contribution in [0.25, 0.3) is 11.0 Å². The number of halogens is 2. The van der Waals surface area contributed by atoms with Crippen molar-refractivity contribution in [1.29, 1.82) is 0 Å². The minimum absolute atomic E-state index is 0.392. The van der Waals surface area contributed by atoms with Gasteiger partial charge in [-0.15, -0.1) is 0 Å². The van der Waals surface area contributed by atoms with Gasteiger partial charge in [0.2, 0.25) is 0 Å². The molecule has 0 radical (unpaired) electrons. The van der Waals surface area contributed by atoms with E-state index in [4.69, 9.17) is 23.2 Å². The van der Waals surface area contributed by atoms with Crippen LogP contribution in [0.3, 0.4) is 0 Å². The zero-order chi connectivity index (χ0) is 9.42. The lowest BCUT2D eigenvalue weighted by atomic mass is 10.3.